The van der Waals surface area contributed by atoms with Gasteiger partial charge in [0.2, 0.25) is 0 Å². The largest absolute Gasteiger partial charge is 0.0602 e. The topological polar surface area (TPSA) is 8.17 Å². The monoisotopic (exact) mass is 766 g/mol. The van der Waals surface area contributed by atoms with Gasteiger partial charge >= 0.3 is 214 Å². The second-order valence-corrected chi connectivity index (χ2v) is 16.4. The number of rotatable bonds is 6. The van der Waals surface area contributed by atoms with Gasteiger partial charge in [0.1, 0.15) is 0 Å². The van der Waals surface area contributed by atoms with Crippen molar-refractivity contribution in [1.29, 1.82) is 0 Å². The molecule has 9 aromatic carbocycles. The number of aromatic nitrogens is 1. The Morgan fingerprint density at radius 1 is 0.364 bits per heavy atom. The van der Waals surface area contributed by atoms with E-state index in [2.05, 4.69) is 216 Å². The van der Waals surface area contributed by atoms with Gasteiger partial charge in [-0.3, -0.25) is 0 Å². The molecule has 0 radical (unpaired) electrons. The summed E-state index contributed by atoms with van der Waals surface area (Å²) < 4.78 is 5.34. The quantitative estimate of drug-likeness (QED) is 0.153. The first-order valence-electron chi connectivity index (χ1n) is 18.8. The Bertz CT molecular complexity index is 3200. The second kappa shape index (κ2) is 13.0. The maximum absolute atomic E-state index is 2.44. The van der Waals surface area contributed by atoms with E-state index in [4.69, 9.17) is 0 Å². The van der Waals surface area contributed by atoms with Crippen molar-refractivity contribution in [3.8, 4) is 27.9 Å². The van der Waals surface area contributed by atoms with E-state index in [0.717, 1.165) is 22.7 Å². The van der Waals surface area contributed by atoms with E-state index in [9.17, 15) is 0 Å². The summed E-state index contributed by atoms with van der Waals surface area (Å²) in [5.41, 5.74) is 11.8. The van der Waals surface area contributed by atoms with Crippen LogP contribution in [-0.4, -0.2) is 19.1 Å². The molecule has 55 heavy (non-hydrogen) atoms. The molecular weight excluding hydrogens is 732 g/mol. The molecule has 0 bridgehead atoms. The van der Waals surface area contributed by atoms with E-state index in [-0.39, 0.29) is 0 Å². The van der Waals surface area contributed by atoms with Crippen LogP contribution in [-0.2, 0) is 0 Å². The molecule has 3 heteroatoms. The summed E-state index contributed by atoms with van der Waals surface area (Å²) in [7, 11) is 0. The molecule has 0 saturated heterocycles. The molecule has 0 N–H and O–H groups in total. The summed E-state index contributed by atoms with van der Waals surface area (Å²) in [6.07, 6.45) is 0. The first kappa shape index (κ1) is 31.8. The number of para-hydroxylation sites is 3. The van der Waals surface area contributed by atoms with Gasteiger partial charge in [-0.05, 0) is 23.6 Å². The minimum Gasteiger partial charge on any atom is -0.0602 e. The molecule has 258 valence electrons. The Kier molecular flexibility index (Phi) is 7.55. The molecule has 0 amide bonds. The average molecular weight is 766 g/mol. The Hall–Kier alpha value is -6.64. The van der Waals surface area contributed by atoms with Crippen LogP contribution >= 0.6 is 0 Å². The van der Waals surface area contributed by atoms with Crippen molar-refractivity contribution >= 4 is 83.4 Å². The van der Waals surface area contributed by atoms with Crippen LogP contribution in [0, 0.1) is 0 Å². The average Bonchev–Trinajstić information content (AvgIpc) is 3.79. The second-order valence-electron chi connectivity index (χ2n) is 14.1. The summed E-state index contributed by atoms with van der Waals surface area (Å²) in [4.78, 5) is 2.44. The third kappa shape index (κ3) is 5.32. The van der Waals surface area contributed by atoms with Crippen molar-refractivity contribution in [3.05, 3.63) is 206 Å². The zero-order valence-corrected chi connectivity index (χ0v) is 31.6. The fourth-order valence-electron chi connectivity index (χ4n) is 8.45. The molecule has 0 unspecified atom stereocenters. The normalized spacial score (nSPS) is 11.6. The molecule has 0 saturated carbocycles. The summed E-state index contributed by atoms with van der Waals surface area (Å²) in [6, 6.07) is 75.7. The fourth-order valence-corrected chi connectivity index (χ4v) is 10.8. The SMILES string of the molecule is c1ccc(-n2c3ccccc3c3ccc(N(c4ccc(-c5ccc6c(c5)[se]c5ccccc56)cc4)c4ccccc4-c4cccc5ccccc45)cc32)cc1. The summed E-state index contributed by atoms with van der Waals surface area (Å²) in [5.74, 6) is 0. The van der Waals surface area contributed by atoms with Crippen LogP contribution in [0.3, 0.4) is 0 Å². The van der Waals surface area contributed by atoms with Gasteiger partial charge in [0.25, 0.3) is 0 Å². The Balaban J connectivity index is 1.11. The van der Waals surface area contributed by atoms with E-state index in [1.807, 2.05) is 0 Å². The van der Waals surface area contributed by atoms with Gasteiger partial charge in [0.05, 0.1) is 5.52 Å². The van der Waals surface area contributed by atoms with Crippen molar-refractivity contribution < 1.29 is 0 Å². The minimum atomic E-state index is 0.324. The van der Waals surface area contributed by atoms with Crippen LogP contribution < -0.4 is 4.90 Å². The van der Waals surface area contributed by atoms with E-state index in [0.29, 0.717) is 14.5 Å². The Labute approximate surface area is 325 Å². The van der Waals surface area contributed by atoms with Gasteiger partial charge in [-0.15, -0.1) is 0 Å². The van der Waals surface area contributed by atoms with Crippen LogP contribution in [0.25, 0.3) is 79.8 Å². The number of nitrogens with zero attached hydrogens (tertiary/aromatic N) is 2. The Morgan fingerprint density at radius 2 is 0.982 bits per heavy atom. The van der Waals surface area contributed by atoms with Crippen molar-refractivity contribution in [3.63, 3.8) is 0 Å². The zero-order chi connectivity index (χ0) is 36.3. The molecule has 0 atom stereocenters. The molecular formula is C52H34N2Se. The Morgan fingerprint density at radius 3 is 1.87 bits per heavy atom. The van der Waals surface area contributed by atoms with Gasteiger partial charge in [-0.2, -0.15) is 0 Å². The van der Waals surface area contributed by atoms with Gasteiger partial charge < -0.3 is 0 Å². The van der Waals surface area contributed by atoms with E-state index in [1.54, 1.807) is 0 Å². The number of fused-ring (bicyclic) bond motifs is 7. The number of benzene rings is 9. The van der Waals surface area contributed by atoms with Crippen molar-refractivity contribution in [2.24, 2.45) is 0 Å². The standard InChI is InChI=1S/C52H34N2Se/c1-2-15-38(16-3-1)54-49-23-10-7-19-44(49)45-32-30-40(34-50(45)54)53(48-22-9-6-18-43(48)42-21-12-14-36-13-4-5-17-41(36)42)39-28-25-35(26-29-39)37-27-31-47-46-20-8-11-24-51(46)55-52(47)33-37/h1-34H. The van der Waals surface area contributed by atoms with Crippen LogP contribution in [0.4, 0.5) is 17.1 Å². The molecule has 0 aliphatic carbocycles. The maximum atomic E-state index is 2.44. The van der Waals surface area contributed by atoms with E-state index < -0.39 is 0 Å². The zero-order valence-electron chi connectivity index (χ0n) is 29.9. The molecule has 0 aliphatic rings. The fraction of sp³-hybridized carbons (Fsp3) is 0. The predicted molar refractivity (Wildman–Crippen MR) is 236 cm³/mol. The van der Waals surface area contributed by atoms with Gasteiger partial charge in [-0.25, -0.2) is 0 Å². The number of hydrogen-bond donors (Lipinski definition) is 0. The van der Waals surface area contributed by atoms with Gasteiger partial charge in [0.15, 0.2) is 0 Å². The molecule has 2 nitrogen and oxygen atoms in total. The molecule has 0 aliphatic heterocycles. The molecule has 0 fully saturated rings. The summed E-state index contributed by atoms with van der Waals surface area (Å²) >= 11 is 0.324. The van der Waals surface area contributed by atoms with Crippen LogP contribution in [0.5, 0.6) is 0 Å². The third-order valence-electron chi connectivity index (χ3n) is 11.0. The maximum Gasteiger partial charge on any atom is -0.0380 e. The number of hydrogen-bond acceptors (Lipinski definition) is 1. The number of anilines is 3. The van der Waals surface area contributed by atoms with E-state index in [1.165, 1.54) is 74.1 Å². The van der Waals surface area contributed by atoms with E-state index >= 15 is 0 Å². The molecule has 2 aromatic heterocycles. The molecule has 0 spiro atoms. The molecule has 2 heterocycles. The van der Waals surface area contributed by atoms with Crippen molar-refractivity contribution in [2.75, 3.05) is 4.90 Å². The van der Waals surface area contributed by atoms with Gasteiger partial charge in [-0.1, -0.05) is 72.8 Å². The smallest absolute Gasteiger partial charge is 0.0380 e. The minimum absolute atomic E-state index is 0.324. The van der Waals surface area contributed by atoms with Gasteiger partial charge in [0, 0.05) is 11.1 Å². The van der Waals surface area contributed by atoms with Crippen molar-refractivity contribution in [1.82, 2.24) is 4.57 Å². The summed E-state index contributed by atoms with van der Waals surface area (Å²) in [5, 5.41) is 7.74. The molecule has 11 rings (SSSR count). The molecule has 11 aromatic rings. The first-order valence-corrected chi connectivity index (χ1v) is 20.5. The summed E-state index contributed by atoms with van der Waals surface area (Å²) in [6.45, 7) is 0. The predicted octanol–water partition coefficient (Wildman–Crippen LogP) is 14.1. The third-order valence-corrected chi connectivity index (χ3v) is 13.4. The van der Waals surface area contributed by atoms with Crippen LogP contribution in [0.15, 0.2) is 206 Å². The van der Waals surface area contributed by atoms with Crippen LogP contribution in [0.1, 0.15) is 0 Å². The first-order chi connectivity index (χ1) is 27.3. The van der Waals surface area contributed by atoms with Crippen molar-refractivity contribution in [2.45, 2.75) is 0 Å². The van der Waals surface area contributed by atoms with Crippen LogP contribution in [0.2, 0.25) is 0 Å².